The quantitative estimate of drug-likeness (QED) is 0.782. The number of ether oxygens (including phenoxy) is 1. The molecule has 1 fully saturated rings. The van der Waals surface area contributed by atoms with Crippen molar-refractivity contribution < 1.29 is 14.3 Å². The first kappa shape index (κ1) is 13.9. The number of nitrogens with zero attached hydrogens (tertiary/aromatic N) is 1. The van der Waals surface area contributed by atoms with Gasteiger partial charge in [-0.2, -0.15) is 0 Å². The van der Waals surface area contributed by atoms with Crippen LogP contribution in [0.2, 0.25) is 5.02 Å². The van der Waals surface area contributed by atoms with Crippen LogP contribution in [0, 0.1) is 5.92 Å². The molecular weight excluding hydrogens is 266 g/mol. The fourth-order valence-corrected chi connectivity index (χ4v) is 2.42. The lowest BCUT2D eigenvalue weighted by Gasteiger charge is -2.31. The van der Waals surface area contributed by atoms with E-state index in [-0.39, 0.29) is 17.8 Å². The van der Waals surface area contributed by atoms with E-state index in [0.29, 0.717) is 23.7 Å². The van der Waals surface area contributed by atoms with Crippen molar-refractivity contribution in [2.75, 3.05) is 20.2 Å². The minimum absolute atomic E-state index is 0.0646. The minimum Gasteiger partial charge on any atom is -0.469 e. The van der Waals surface area contributed by atoms with Crippen molar-refractivity contribution in [3.8, 4) is 0 Å². The van der Waals surface area contributed by atoms with Gasteiger partial charge in [-0.05, 0) is 37.1 Å². The van der Waals surface area contributed by atoms with Crippen molar-refractivity contribution in [3.63, 3.8) is 0 Å². The number of carbonyl (C=O) groups is 2. The highest BCUT2D eigenvalue weighted by Crippen LogP contribution is 2.20. The number of hydrogen-bond donors (Lipinski definition) is 0. The molecule has 1 heterocycles. The second-order valence-electron chi connectivity index (χ2n) is 4.62. The normalized spacial score (nSPS) is 19.1. The molecule has 1 amide bonds. The first-order valence-electron chi connectivity index (χ1n) is 6.24. The molecule has 0 aliphatic carbocycles. The van der Waals surface area contributed by atoms with Crippen LogP contribution in [-0.4, -0.2) is 37.0 Å². The lowest BCUT2D eigenvalue weighted by molar-refractivity contribution is -0.146. The van der Waals surface area contributed by atoms with E-state index in [1.807, 2.05) is 0 Å². The van der Waals surface area contributed by atoms with Gasteiger partial charge in [0.05, 0.1) is 13.0 Å². The summed E-state index contributed by atoms with van der Waals surface area (Å²) in [6.45, 7) is 1.10. The number of piperidine rings is 1. The number of hydrogen-bond acceptors (Lipinski definition) is 3. The van der Waals surface area contributed by atoms with Gasteiger partial charge >= 0.3 is 5.97 Å². The number of rotatable bonds is 2. The fraction of sp³-hybridized carbons (Fsp3) is 0.429. The molecular formula is C14H16ClNO3. The number of esters is 1. The second kappa shape index (κ2) is 6.06. The lowest BCUT2D eigenvalue weighted by atomic mass is 9.97. The van der Waals surface area contributed by atoms with Crippen LogP contribution in [0.5, 0.6) is 0 Å². The molecule has 0 bridgehead atoms. The molecule has 0 spiro atoms. The molecule has 1 aromatic rings. The van der Waals surface area contributed by atoms with Gasteiger partial charge in [-0.3, -0.25) is 9.59 Å². The third-order valence-corrected chi connectivity index (χ3v) is 3.59. The van der Waals surface area contributed by atoms with E-state index in [2.05, 4.69) is 0 Å². The number of methoxy groups -OCH3 is 1. The predicted octanol–water partition coefficient (Wildman–Crippen LogP) is 2.37. The molecule has 1 saturated heterocycles. The molecule has 1 aromatic carbocycles. The van der Waals surface area contributed by atoms with E-state index in [1.165, 1.54) is 7.11 Å². The van der Waals surface area contributed by atoms with Crippen LogP contribution in [-0.2, 0) is 9.53 Å². The number of likely N-dealkylation sites (tertiary alicyclic amines) is 1. The molecule has 1 aliphatic heterocycles. The van der Waals surface area contributed by atoms with Gasteiger partial charge in [0.1, 0.15) is 0 Å². The monoisotopic (exact) mass is 281 g/mol. The van der Waals surface area contributed by atoms with Gasteiger partial charge in [-0.15, -0.1) is 0 Å². The highest BCUT2D eigenvalue weighted by Gasteiger charge is 2.29. The summed E-state index contributed by atoms with van der Waals surface area (Å²) >= 11 is 5.80. The van der Waals surface area contributed by atoms with Crippen LogP contribution >= 0.6 is 11.6 Å². The summed E-state index contributed by atoms with van der Waals surface area (Å²) in [5.74, 6) is -0.520. The van der Waals surface area contributed by atoms with Crippen LogP contribution in [0.25, 0.3) is 0 Å². The zero-order valence-corrected chi connectivity index (χ0v) is 11.5. The third kappa shape index (κ3) is 3.26. The van der Waals surface area contributed by atoms with Crippen molar-refractivity contribution in [2.45, 2.75) is 12.8 Å². The molecule has 19 heavy (non-hydrogen) atoms. The number of halogens is 1. The Kier molecular flexibility index (Phi) is 4.43. The number of carbonyl (C=O) groups excluding carboxylic acids is 2. The summed E-state index contributed by atoms with van der Waals surface area (Å²) in [4.78, 5) is 25.5. The van der Waals surface area contributed by atoms with E-state index in [4.69, 9.17) is 16.3 Å². The van der Waals surface area contributed by atoms with Gasteiger partial charge in [-0.25, -0.2) is 0 Å². The minimum atomic E-state index is -0.242. The summed E-state index contributed by atoms with van der Waals surface area (Å²) in [6.07, 6.45) is 1.59. The maximum absolute atomic E-state index is 12.3. The summed E-state index contributed by atoms with van der Waals surface area (Å²) in [6, 6.07) is 6.78. The SMILES string of the molecule is COC(=O)C1CCCN(C(=O)c2ccc(Cl)cc2)C1. The molecule has 2 rings (SSSR count). The molecule has 0 aromatic heterocycles. The Hall–Kier alpha value is -1.55. The smallest absolute Gasteiger partial charge is 0.310 e. The van der Waals surface area contributed by atoms with E-state index < -0.39 is 0 Å². The molecule has 4 nitrogen and oxygen atoms in total. The number of benzene rings is 1. The molecule has 102 valence electrons. The second-order valence-corrected chi connectivity index (χ2v) is 5.06. The highest BCUT2D eigenvalue weighted by atomic mass is 35.5. The van der Waals surface area contributed by atoms with Crippen molar-refractivity contribution in [1.82, 2.24) is 4.90 Å². The number of amides is 1. The first-order valence-corrected chi connectivity index (χ1v) is 6.62. The van der Waals surface area contributed by atoms with Crippen molar-refractivity contribution in [1.29, 1.82) is 0 Å². The van der Waals surface area contributed by atoms with Gasteiger partial charge in [0.2, 0.25) is 0 Å². The van der Waals surface area contributed by atoms with Gasteiger partial charge in [-0.1, -0.05) is 11.6 Å². The Balaban J connectivity index is 2.06. The standard InChI is InChI=1S/C14H16ClNO3/c1-19-14(18)11-3-2-8-16(9-11)13(17)10-4-6-12(15)7-5-10/h4-7,11H,2-3,8-9H2,1H3. The molecule has 0 N–H and O–H groups in total. The van der Waals surface area contributed by atoms with Crippen molar-refractivity contribution >= 4 is 23.5 Å². The lowest BCUT2D eigenvalue weighted by Crippen LogP contribution is -2.42. The molecule has 0 radical (unpaired) electrons. The van der Waals surface area contributed by atoms with E-state index in [0.717, 1.165) is 12.8 Å². The summed E-state index contributed by atoms with van der Waals surface area (Å²) < 4.78 is 4.74. The summed E-state index contributed by atoms with van der Waals surface area (Å²) in [5, 5.41) is 0.600. The van der Waals surface area contributed by atoms with Crippen LogP contribution in [0.3, 0.4) is 0 Å². The van der Waals surface area contributed by atoms with Crippen LogP contribution in [0.1, 0.15) is 23.2 Å². The first-order chi connectivity index (χ1) is 9.11. The average Bonchev–Trinajstić information content (AvgIpc) is 2.46. The van der Waals surface area contributed by atoms with Gasteiger partial charge in [0.15, 0.2) is 0 Å². The predicted molar refractivity (Wildman–Crippen MR) is 72.1 cm³/mol. The summed E-state index contributed by atoms with van der Waals surface area (Å²) in [7, 11) is 1.38. The van der Waals surface area contributed by atoms with Crippen LogP contribution in [0.15, 0.2) is 24.3 Å². The van der Waals surface area contributed by atoms with E-state index >= 15 is 0 Å². The van der Waals surface area contributed by atoms with Crippen LogP contribution in [0.4, 0.5) is 0 Å². The van der Waals surface area contributed by atoms with Gasteiger partial charge in [0.25, 0.3) is 5.91 Å². The topological polar surface area (TPSA) is 46.6 Å². The largest absolute Gasteiger partial charge is 0.469 e. The fourth-order valence-electron chi connectivity index (χ4n) is 2.30. The van der Waals surface area contributed by atoms with Crippen molar-refractivity contribution in [2.24, 2.45) is 5.92 Å². The van der Waals surface area contributed by atoms with Crippen molar-refractivity contribution in [3.05, 3.63) is 34.9 Å². The molecule has 1 aliphatic rings. The highest BCUT2D eigenvalue weighted by molar-refractivity contribution is 6.30. The Bertz CT molecular complexity index is 472. The maximum atomic E-state index is 12.3. The maximum Gasteiger partial charge on any atom is 0.310 e. The summed E-state index contributed by atoms with van der Waals surface area (Å²) in [5.41, 5.74) is 0.593. The third-order valence-electron chi connectivity index (χ3n) is 3.33. The van der Waals surface area contributed by atoms with Gasteiger partial charge < -0.3 is 9.64 Å². The molecule has 1 atom stereocenters. The Morgan fingerprint density at radius 3 is 2.63 bits per heavy atom. The Morgan fingerprint density at radius 1 is 1.32 bits per heavy atom. The zero-order valence-electron chi connectivity index (χ0n) is 10.8. The van der Waals surface area contributed by atoms with E-state index in [1.54, 1.807) is 29.2 Å². The van der Waals surface area contributed by atoms with E-state index in [9.17, 15) is 9.59 Å². The Labute approximate surface area is 117 Å². The molecule has 5 heteroatoms. The zero-order chi connectivity index (χ0) is 13.8. The molecule has 0 saturated carbocycles. The molecule has 1 unspecified atom stereocenters. The van der Waals surface area contributed by atoms with Gasteiger partial charge in [0, 0.05) is 23.7 Å². The Morgan fingerprint density at radius 2 is 2.00 bits per heavy atom. The van der Waals surface area contributed by atoms with Crippen LogP contribution < -0.4 is 0 Å². The average molecular weight is 282 g/mol.